The summed E-state index contributed by atoms with van der Waals surface area (Å²) in [6, 6.07) is 2.42. The first-order valence-corrected chi connectivity index (χ1v) is 4.97. The van der Waals surface area contributed by atoms with Crippen LogP contribution in [0.4, 0.5) is 0 Å². The molecule has 1 heteroatoms. The summed E-state index contributed by atoms with van der Waals surface area (Å²) in [5.41, 5.74) is 1.18. The van der Waals surface area contributed by atoms with E-state index in [1.807, 2.05) is 0 Å². The lowest BCUT2D eigenvalue weighted by Gasteiger charge is -2.25. The van der Waals surface area contributed by atoms with E-state index in [1.165, 1.54) is 5.57 Å². The third kappa shape index (κ3) is 4.12. The maximum atomic E-state index is 9.05. The Balaban J connectivity index is 4.17. The molecule has 0 N–H and O–H groups in total. The van der Waals surface area contributed by atoms with Crippen molar-refractivity contribution < 1.29 is 0 Å². The summed E-state index contributed by atoms with van der Waals surface area (Å²) >= 11 is 0. The van der Waals surface area contributed by atoms with Gasteiger partial charge >= 0.3 is 0 Å². The molecule has 0 rings (SSSR count). The van der Waals surface area contributed by atoms with Crippen LogP contribution in [-0.2, 0) is 0 Å². The van der Waals surface area contributed by atoms with Crippen LogP contribution in [0.3, 0.4) is 0 Å². The Morgan fingerprint density at radius 2 is 2.00 bits per heavy atom. The van der Waals surface area contributed by atoms with Crippen LogP contribution in [0.2, 0.25) is 0 Å². The van der Waals surface area contributed by atoms with Crippen LogP contribution in [0.5, 0.6) is 0 Å². The van der Waals surface area contributed by atoms with E-state index in [0.29, 0.717) is 5.92 Å². The fraction of sp³-hybridized carbons (Fsp3) is 0.750. The standard InChI is InChI=1S/C12H21N/c1-10(2)7-6-8-12(5,9-13)11(3)4/h7,11H,6,8H2,1-5H3/t12-/m1/s1. The van der Waals surface area contributed by atoms with Gasteiger partial charge in [-0.15, -0.1) is 0 Å². The summed E-state index contributed by atoms with van der Waals surface area (Å²) in [4.78, 5) is 0. The molecular formula is C12H21N. The van der Waals surface area contributed by atoms with Gasteiger partial charge in [-0.25, -0.2) is 0 Å². The summed E-state index contributed by atoms with van der Waals surface area (Å²) in [7, 11) is 0. The van der Waals surface area contributed by atoms with Crippen molar-refractivity contribution in [1.82, 2.24) is 0 Å². The SMILES string of the molecule is CC(C)=CCC[C@](C)(C#N)C(C)C. The molecule has 0 radical (unpaired) electrons. The van der Waals surface area contributed by atoms with Gasteiger partial charge in [-0.1, -0.05) is 25.5 Å². The zero-order chi connectivity index (χ0) is 10.5. The van der Waals surface area contributed by atoms with Crippen molar-refractivity contribution in [2.75, 3.05) is 0 Å². The highest BCUT2D eigenvalue weighted by molar-refractivity contribution is 5.01. The highest BCUT2D eigenvalue weighted by atomic mass is 14.4. The molecule has 1 nitrogen and oxygen atoms in total. The van der Waals surface area contributed by atoms with Gasteiger partial charge in [-0.2, -0.15) is 5.26 Å². The molecule has 0 amide bonds. The van der Waals surface area contributed by atoms with E-state index in [0.717, 1.165) is 12.8 Å². The first-order valence-electron chi connectivity index (χ1n) is 4.97. The minimum Gasteiger partial charge on any atom is -0.198 e. The minimum absolute atomic E-state index is 0.161. The van der Waals surface area contributed by atoms with Gasteiger partial charge in [0.2, 0.25) is 0 Å². The summed E-state index contributed by atoms with van der Waals surface area (Å²) in [5.74, 6) is 0.433. The Labute approximate surface area is 82.5 Å². The Morgan fingerprint density at radius 3 is 2.31 bits per heavy atom. The van der Waals surface area contributed by atoms with E-state index in [9.17, 15) is 0 Å². The third-order valence-electron chi connectivity index (χ3n) is 2.75. The molecule has 0 aromatic heterocycles. The van der Waals surface area contributed by atoms with E-state index in [4.69, 9.17) is 5.26 Å². The average molecular weight is 179 g/mol. The molecule has 13 heavy (non-hydrogen) atoms. The second-order valence-electron chi connectivity index (χ2n) is 4.50. The highest BCUT2D eigenvalue weighted by Gasteiger charge is 2.26. The van der Waals surface area contributed by atoms with Crippen molar-refractivity contribution in [1.29, 1.82) is 5.26 Å². The van der Waals surface area contributed by atoms with Crippen LogP contribution in [0.25, 0.3) is 0 Å². The zero-order valence-corrected chi connectivity index (χ0v) is 9.52. The normalized spacial score (nSPS) is 14.8. The van der Waals surface area contributed by atoms with E-state index < -0.39 is 0 Å². The van der Waals surface area contributed by atoms with Crippen LogP contribution in [-0.4, -0.2) is 0 Å². The van der Waals surface area contributed by atoms with Gasteiger partial charge in [-0.05, 0) is 39.5 Å². The lowest BCUT2D eigenvalue weighted by atomic mass is 9.77. The summed E-state index contributed by atoms with van der Waals surface area (Å²) in [6.07, 6.45) is 4.19. The molecule has 0 aliphatic heterocycles. The molecule has 0 heterocycles. The number of hydrogen-bond acceptors (Lipinski definition) is 1. The third-order valence-corrected chi connectivity index (χ3v) is 2.75. The monoisotopic (exact) mass is 179 g/mol. The quantitative estimate of drug-likeness (QED) is 0.600. The number of allylic oxidation sites excluding steroid dienone is 2. The summed E-state index contributed by atoms with van der Waals surface area (Å²) in [5, 5.41) is 9.05. The van der Waals surface area contributed by atoms with Gasteiger partial charge in [0.05, 0.1) is 11.5 Å². The smallest absolute Gasteiger partial charge is 0.0689 e. The molecule has 0 bridgehead atoms. The first kappa shape index (κ1) is 12.2. The van der Waals surface area contributed by atoms with Gasteiger partial charge in [0, 0.05) is 0 Å². The van der Waals surface area contributed by atoms with Crippen molar-refractivity contribution in [2.45, 2.75) is 47.5 Å². The Kier molecular flexibility index (Phi) is 4.77. The maximum absolute atomic E-state index is 9.05. The van der Waals surface area contributed by atoms with Gasteiger partial charge in [0.15, 0.2) is 0 Å². The molecule has 0 aromatic carbocycles. The number of hydrogen-bond donors (Lipinski definition) is 0. The Morgan fingerprint density at radius 1 is 1.46 bits per heavy atom. The van der Waals surface area contributed by atoms with E-state index in [2.05, 4.69) is 46.8 Å². The summed E-state index contributed by atoms with van der Waals surface area (Å²) < 4.78 is 0. The number of rotatable bonds is 4. The molecular weight excluding hydrogens is 158 g/mol. The molecule has 0 spiro atoms. The molecule has 74 valence electrons. The van der Waals surface area contributed by atoms with Crippen LogP contribution in [0.1, 0.15) is 47.5 Å². The van der Waals surface area contributed by atoms with Gasteiger partial charge in [-0.3, -0.25) is 0 Å². The predicted molar refractivity (Wildman–Crippen MR) is 57.2 cm³/mol. The van der Waals surface area contributed by atoms with Crippen molar-refractivity contribution >= 4 is 0 Å². The minimum atomic E-state index is -0.161. The van der Waals surface area contributed by atoms with Gasteiger partial charge in [0.1, 0.15) is 0 Å². The molecule has 0 fully saturated rings. The van der Waals surface area contributed by atoms with Crippen LogP contribution >= 0.6 is 0 Å². The van der Waals surface area contributed by atoms with E-state index in [1.54, 1.807) is 0 Å². The van der Waals surface area contributed by atoms with Crippen LogP contribution in [0.15, 0.2) is 11.6 Å². The largest absolute Gasteiger partial charge is 0.198 e. The predicted octanol–water partition coefficient (Wildman–Crippen LogP) is 3.92. The molecule has 1 atom stereocenters. The fourth-order valence-electron chi connectivity index (χ4n) is 1.13. The second-order valence-corrected chi connectivity index (χ2v) is 4.50. The van der Waals surface area contributed by atoms with Crippen LogP contribution < -0.4 is 0 Å². The zero-order valence-electron chi connectivity index (χ0n) is 9.52. The summed E-state index contributed by atoms with van der Waals surface area (Å²) in [6.45, 7) is 10.5. The molecule has 0 aliphatic rings. The van der Waals surface area contributed by atoms with Crippen molar-refractivity contribution in [3.8, 4) is 6.07 Å². The first-order chi connectivity index (χ1) is 5.92. The fourth-order valence-corrected chi connectivity index (χ4v) is 1.13. The van der Waals surface area contributed by atoms with Gasteiger partial charge in [0.25, 0.3) is 0 Å². The lowest BCUT2D eigenvalue weighted by Crippen LogP contribution is -2.20. The van der Waals surface area contributed by atoms with Crippen LogP contribution in [0, 0.1) is 22.7 Å². The maximum Gasteiger partial charge on any atom is 0.0689 e. The average Bonchev–Trinajstić information content (AvgIpc) is 2.03. The van der Waals surface area contributed by atoms with Crippen molar-refractivity contribution in [2.24, 2.45) is 11.3 Å². The second kappa shape index (κ2) is 5.07. The van der Waals surface area contributed by atoms with E-state index in [-0.39, 0.29) is 5.41 Å². The molecule has 0 saturated carbocycles. The molecule has 0 aromatic rings. The molecule has 0 unspecified atom stereocenters. The number of nitrogens with zero attached hydrogens (tertiary/aromatic N) is 1. The van der Waals surface area contributed by atoms with Crippen molar-refractivity contribution in [3.63, 3.8) is 0 Å². The van der Waals surface area contributed by atoms with E-state index >= 15 is 0 Å². The lowest BCUT2D eigenvalue weighted by molar-refractivity contribution is 0.288. The number of nitriles is 1. The Bertz CT molecular complexity index is 216. The van der Waals surface area contributed by atoms with Crippen molar-refractivity contribution in [3.05, 3.63) is 11.6 Å². The topological polar surface area (TPSA) is 23.8 Å². The van der Waals surface area contributed by atoms with Gasteiger partial charge < -0.3 is 0 Å². The Hall–Kier alpha value is -0.770. The molecule has 0 saturated heterocycles. The molecule has 0 aliphatic carbocycles. The highest BCUT2D eigenvalue weighted by Crippen LogP contribution is 2.31.